The van der Waals surface area contributed by atoms with Crippen LogP contribution in [0, 0.1) is 6.92 Å². The fraction of sp³-hybridized carbons (Fsp3) is 0.667. The van der Waals surface area contributed by atoms with Crippen molar-refractivity contribution in [3.05, 3.63) is 17.0 Å². The predicted molar refractivity (Wildman–Crippen MR) is 68.4 cm³/mol. The summed E-state index contributed by atoms with van der Waals surface area (Å²) in [4.78, 5) is 10.8. The zero-order valence-electron chi connectivity index (χ0n) is 9.99. The molecule has 1 saturated carbocycles. The van der Waals surface area contributed by atoms with E-state index >= 15 is 0 Å². The van der Waals surface area contributed by atoms with Crippen molar-refractivity contribution < 1.29 is 0 Å². The number of nitrogens with zero attached hydrogens (tertiary/aromatic N) is 3. The van der Waals surface area contributed by atoms with E-state index in [1.807, 2.05) is 6.92 Å². The number of anilines is 1. The highest BCUT2D eigenvalue weighted by atomic mass is 35.5. The molecule has 0 radical (unpaired) electrons. The average Bonchev–Trinajstić information content (AvgIpc) is 3.05. The highest BCUT2D eigenvalue weighted by Crippen LogP contribution is 2.30. The minimum absolute atomic E-state index is 0.315. The molecule has 2 aliphatic rings. The van der Waals surface area contributed by atoms with Crippen LogP contribution >= 0.6 is 11.6 Å². The molecule has 5 heteroatoms. The minimum Gasteiger partial charge on any atom is -0.366 e. The van der Waals surface area contributed by atoms with E-state index in [9.17, 15) is 0 Å². The van der Waals surface area contributed by atoms with Crippen molar-refractivity contribution in [1.82, 2.24) is 14.9 Å². The molecule has 2 fully saturated rings. The number of nitrogens with one attached hydrogen (secondary N) is 1. The molecule has 1 aromatic rings. The molecule has 3 rings (SSSR count). The Morgan fingerprint density at radius 2 is 2.24 bits per heavy atom. The molecule has 1 N–H and O–H groups in total. The van der Waals surface area contributed by atoms with Crippen molar-refractivity contribution in [1.29, 1.82) is 0 Å². The smallest absolute Gasteiger partial charge is 0.224 e. The fourth-order valence-corrected chi connectivity index (χ4v) is 2.57. The van der Waals surface area contributed by atoms with Crippen LogP contribution in [0.2, 0.25) is 5.28 Å². The van der Waals surface area contributed by atoms with Crippen LogP contribution < -0.4 is 5.32 Å². The molecule has 1 aromatic heterocycles. The van der Waals surface area contributed by atoms with Crippen LogP contribution in [0.15, 0.2) is 6.20 Å². The summed E-state index contributed by atoms with van der Waals surface area (Å²) in [6, 6.07) is 1.36. The predicted octanol–water partition coefficient (Wildman–Crippen LogP) is 2.09. The maximum atomic E-state index is 5.82. The molecular weight excluding hydrogens is 236 g/mol. The van der Waals surface area contributed by atoms with Crippen molar-refractivity contribution in [2.75, 3.05) is 18.4 Å². The largest absolute Gasteiger partial charge is 0.366 e. The Kier molecular flexibility index (Phi) is 2.92. The standard InChI is InChI=1S/C12H17ClN4/c1-8-6-14-12(13)16-11(8)15-9-4-5-17(7-9)10-2-3-10/h6,9-10H,2-5,7H2,1H3,(H,14,15,16). The van der Waals surface area contributed by atoms with Gasteiger partial charge >= 0.3 is 0 Å². The third kappa shape index (κ3) is 2.53. The molecule has 0 amide bonds. The first kappa shape index (κ1) is 11.2. The lowest BCUT2D eigenvalue weighted by molar-refractivity contribution is 0.326. The molecular formula is C12H17ClN4. The molecule has 0 bridgehead atoms. The molecule has 92 valence electrons. The number of hydrogen-bond donors (Lipinski definition) is 1. The van der Waals surface area contributed by atoms with Crippen LogP contribution in [0.3, 0.4) is 0 Å². The van der Waals surface area contributed by atoms with Crippen LogP contribution in [0.4, 0.5) is 5.82 Å². The van der Waals surface area contributed by atoms with E-state index in [1.165, 1.54) is 25.8 Å². The normalized spacial score (nSPS) is 25.2. The van der Waals surface area contributed by atoms with Gasteiger partial charge in [0.05, 0.1) is 0 Å². The topological polar surface area (TPSA) is 41.1 Å². The number of rotatable bonds is 3. The van der Waals surface area contributed by atoms with E-state index in [2.05, 4.69) is 20.2 Å². The second-order valence-corrected chi connectivity index (χ2v) is 5.36. The number of aromatic nitrogens is 2. The van der Waals surface area contributed by atoms with Gasteiger partial charge in [-0.1, -0.05) is 0 Å². The first-order valence-corrected chi connectivity index (χ1v) is 6.60. The third-order valence-corrected chi connectivity index (χ3v) is 3.75. The zero-order chi connectivity index (χ0) is 11.8. The average molecular weight is 253 g/mol. The Morgan fingerprint density at radius 3 is 3.00 bits per heavy atom. The van der Waals surface area contributed by atoms with E-state index in [4.69, 9.17) is 11.6 Å². The van der Waals surface area contributed by atoms with E-state index in [0.29, 0.717) is 11.3 Å². The van der Waals surface area contributed by atoms with Crippen molar-refractivity contribution in [3.63, 3.8) is 0 Å². The summed E-state index contributed by atoms with van der Waals surface area (Å²) >= 11 is 5.82. The van der Waals surface area contributed by atoms with E-state index < -0.39 is 0 Å². The highest BCUT2D eigenvalue weighted by Gasteiger charge is 2.34. The van der Waals surface area contributed by atoms with Gasteiger partial charge in [-0.3, -0.25) is 4.90 Å². The molecule has 0 aromatic carbocycles. The van der Waals surface area contributed by atoms with E-state index in [1.54, 1.807) is 6.20 Å². The molecule has 1 atom stereocenters. The number of halogens is 1. The number of aryl methyl sites for hydroxylation is 1. The summed E-state index contributed by atoms with van der Waals surface area (Å²) in [5.41, 5.74) is 1.05. The molecule has 1 aliphatic carbocycles. The van der Waals surface area contributed by atoms with Gasteiger partial charge in [-0.2, -0.15) is 0 Å². The molecule has 1 saturated heterocycles. The quantitative estimate of drug-likeness (QED) is 0.837. The molecule has 1 unspecified atom stereocenters. The van der Waals surface area contributed by atoms with Crippen LogP contribution in [0.25, 0.3) is 0 Å². The number of hydrogen-bond acceptors (Lipinski definition) is 4. The van der Waals surface area contributed by atoms with Gasteiger partial charge in [0.15, 0.2) is 0 Å². The lowest BCUT2D eigenvalue weighted by atomic mass is 10.2. The minimum atomic E-state index is 0.315. The molecule has 4 nitrogen and oxygen atoms in total. The van der Waals surface area contributed by atoms with Crippen LogP contribution in [0.5, 0.6) is 0 Å². The lowest BCUT2D eigenvalue weighted by Gasteiger charge is -2.17. The first-order chi connectivity index (χ1) is 8.22. The van der Waals surface area contributed by atoms with Gasteiger partial charge in [0.25, 0.3) is 0 Å². The Bertz CT molecular complexity index is 419. The van der Waals surface area contributed by atoms with Crippen molar-refractivity contribution in [2.45, 2.75) is 38.3 Å². The highest BCUT2D eigenvalue weighted by molar-refractivity contribution is 6.28. The fourth-order valence-electron chi connectivity index (χ4n) is 2.44. The van der Waals surface area contributed by atoms with Gasteiger partial charge in [-0.25, -0.2) is 9.97 Å². The van der Waals surface area contributed by atoms with Gasteiger partial charge in [0, 0.05) is 36.9 Å². The van der Waals surface area contributed by atoms with Gasteiger partial charge < -0.3 is 5.32 Å². The molecule has 17 heavy (non-hydrogen) atoms. The van der Waals surface area contributed by atoms with Crippen LogP contribution in [-0.4, -0.2) is 40.0 Å². The van der Waals surface area contributed by atoms with E-state index in [0.717, 1.165) is 24.0 Å². The van der Waals surface area contributed by atoms with Gasteiger partial charge in [0.2, 0.25) is 5.28 Å². The van der Waals surface area contributed by atoms with Gasteiger partial charge in [0.1, 0.15) is 5.82 Å². The van der Waals surface area contributed by atoms with Crippen LogP contribution in [-0.2, 0) is 0 Å². The zero-order valence-corrected chi connectivity index (χ0v) is 10.7. The summed E-state index contributed by atoms with van der Waals surface area (Å²) in [7, 11) is 0. The summed E-state index contributed by atoms with van der Waals surface area (Å²) in [6.45, 7) is 4.35. The SMILES string of the molecule is Cc1cnc(Cl)nc1NC1CCN(C2CC2)C1. The van der Waals surface area contributed by atoms with Crippen LogP contribution in [0.1, 0.15) is 24.8 Å². The van der Waals surface area contributed by atoms with Gasteiger partial charge in [-0.15, -0.1) is 0 Å². The van der Waals surface area contributed by atoms with Crippen molar-refractivity contribution >= 4 is 17.4 Å². The second kappa shape index (κ2) is 4.42. The summed E-state index contributed by atoms with van der Waals surface area (Å²) < 4.78 is 0. The lowest BCUT2D eigenvalue weighted by Crippen LogP contribution is -2.28. The monoisotopic (exact) mass is 252 g/mol. The second-order valence-electron chi connectivity index (χ2n) is 5.03. The Balaban J connectivity index is 1.64. The number of likely N-dealkylation sites (tertiary alicyclic amines) is 1. The van der Waals surface area contributed by atoms with Gasteiger partial charge in [-0.05, 0) is 37.8 Å². The van der Waals surface area contributed by atoms with E-state index in [-0.39, 0.29) is 0 Å². The maximum Gasteiger partial charge on any atom is 0.224 e. The Morgan fingerprint density at radius 1 is 1.41 bits per heavy atom. The first-order valence-electron chi connectivity index (χ1n) is 6.22. The molecule has 0 spiro atoms. The molecule has 2 heterocycles. The Hall–Kier alpha value is -0.870. The summed E-state index contributed by atoms with van der Waals surface area (Å²) in [6.07, 6.45) is 5.72. The Labute approximate surface area is 106 Å². The maximum absolute atomic E-state index is 5.82. The van der Waals surface area contributed by atoms with Crippen molar-refractivity contribution in [2.24, 2.45) is 0 Å². The molecule has 1 aliphatic heterocycles. The van der Waals surface area contributed by atoms with Crippen molar-refractivity contribution in [3.8, 4) is 0 Å². The summed E-state index contributed by atoms with van der Waals surface area (Å²) in [5, 5.41) is 3.80. The third-order valence-electron chi connectivity index (χ3n) is 3.57. The summed E-state index contributed by atoms with van der Waals surface area (Å²) in [5.74, 6) is 0.882.